The van der Waals surface area contributed by atoms with Gasteiger partial charge in [-0.25, -0.2) is 0 Å². The van der Waals surface area contributed by atoms with Crippen molar-refractivity contribution in [1.82, 2.24) is 5.32 Å². The summed E-state index contributed by atoms with van der Waals surface area (Å²) in [6.45, 7) is 5.21. The summed E-state index contributed by atoms with van der Waals surface area (Å²) in [6, 6.07) is 12.1. The summed E-state index contributed by atoms with van der Waals surface area (Å²) < 4.78 is 11.3. The maximum absolute atomic E-state index is 10.2. The van der Waals surface area contributed by atoms with Gasteiger partial charge in [-0.3, -0.25) is 0 Å². The summed E-state index contributed by atoms with van der Waals surface area (Å²) in [5.74, 6) is 2.83. The average Bonchev–Trinajstić information content (AvgIpc) is 2.98. The van der Waals surface area contributed by atoms with E-state index in [2.05, 4.69) is 18.3 Å². The molecule has 4 nitrogen and oxygen atoms in total. The molecule has 1 aromatic carbocycles. The largest absolute Gasteiger partial charge is 0.493 e. The van der Waals surface area contributed by atoms with Gasteiger partial charge in [-0.1, -0.05) is 18.2 Å². The molecule has 2 heterocycles. The van der Waals surface area contributed by atoms with Crippen molar-refractivity contribution in [2.45, 2.75) is 32.4 Å². The molecule has 2 aromatic rings. The van der Waals surface area contributed by atoms with E-state index in [9.17, 15) is 5.11 Å². The van der Waals surface area contributed by atoms with Gasteiger partial charge in [0.05, 0.1) is 6.61 Å². The van der Waals surface area contributed by atoms with Gasteiger partial charge >= 0.3 is 0 Å². The number of benzene rings is 1. The quantitative estimate of drug-likeness (QED) is 0.891. The van der Waals surface area contributed by atoms with E-state index < -0.39 is 6.10 Å². The molecule has 0 fully saturated rings. The number of aliphatic hydroxyl groups is 1. The van der Waals surface area contributed by atoms with Crippen LogP contribution in [0.2, 0.25) is 0 Å². The first kappa shape index (κ1) is 15.1. The number of rotatable bonds is 5. The van der Waals surface area contributed by atoms with Gasteiger partial charge in [-0.15, -0.1) is 0 Å². The standard InChI is InChI=1S/C18H23NO3/c1-12-7-8-18(22-12)16(20)10-19-13(2)15-9-14-5-3-4-6-17(14)21-11-15/h3-8,13,15-16,19-20H,9-11H2,1-2H3. The Balaban J connectivity index is 1.53. The third-order valence-corrected chi connectivity index (χ3v) is 4.34. The first-order valence-corrected chi connectivity index (χ1v) is 7.82. The zero-order valence-corrected chi connectivity index (χ0v) is 13.1. The average molecular weight is 301 g/mol. The summed E-state index contributed by atoms with van der Waals surface area (Å²) in [4.78, 5) is 0. The molecule has 0 aliphatic carbocycles. The molecule has 118 valence electrons. The fraction of sp³-hybridized carbons (Fsp3) is 0.444. The molecule has 0 spiro atoms. The van der Waals surface area contributed by atoms with Gasteiger partial charge in [0.25, 0.3) is 0 Å². The zero-order chi connectivity index (χ0) is 15.5. The Labute approximate surface area is 131 Å². The van der Waals surface area contributed by atoms with Crippen LogP contribution in [0.4, 0.5) is 0 Å². The van der Waals surface area contributed by atoms with Crippen LogP contribution in [-0.4, -0.2) is 24.3 Å². The highest BCUT2D eigenvalue weighted by molar-refractivity contribution is 5.35. The molecule has 0 amide bonds. The van der Waals surface area contributed by atoms with Crippen LogP contribution in [0.5, 0.6) is 5.75 Å². The van der Waals surface area contributed by atoms with Gasteiger partial charge in [0.2, 0.25) is 0 Å². The van der Waals surface area contributed by atoms with Crippen LogP contribution < -0.4 is 10.1 Å². The topological polar surface area (TPSA) is 54.6 Å². The van der Waals surface area contributed by atoms with E-state index in [-0.39, 0.29) is 6.04 Å². The normalized spacial score (nSPS) is 20.0. The predicted octanol–water partition coefficient (Wildman–Crippen LogP) is 2.85. The van der Waals surface area contributed by atoms with E-state index in [0.717, 1.165) is 17.9 Å². The summed E-state index contributed by atoms with van der Waals surface area (Å²) in [7, 11) is 0. The van der Waals surface area contributed by atoms with Gasteiger partial charge in [0.15, 0.2) is 0 Å². The van der Waals surface area contributed by atoms with Crippen LogP contribution in [0.1, 0.15) is 30.1 Å². The van der Waals surface area contributed by atoms with Crippen LogP contribution in [-0.2, 0) is 6.42 Å². The fourth-order valence-corrected chi connectivity index (χ4v) is 2.87. The summed E-state index contributed by atoms with van der Waals surface area (Å²) in [5, 5.41) is 13.6. The third kappa shape index (κ3) is 3.34. The van der Waals surface area contributed by atoms with Gasteiger partial charge in [0.1, 0.15) is 23.4 Å². The van der Waals surface area contributed by atoms with E-state index in [1.807, 2.05) is 37.3 Å². The van der Waals surface area contributed by atoms with Crippen LogP contribution in [0.15, 0.2) is 40.8 Å². The number of hydrogen-bond acceptors (Lipinski definition) is 4. The highest BCUT2D eigenvalue weighted by Crippen LogP contribution is 2.28. The van der Waals surface area contributed by atoms with E-state index in [0.29, 0.717) is 24.8 Å². The number of fused-ring (bicyclic) bond motifs is 1. The molecule has 4 heteroatoms. The van der Waals surface area contributed by atoms with Crippen molar-refractivity contribution in [3.05, 3.63) is 53.5 Å². The lowest BCUT2D eigenvalue weighted by Crippen LogP contribution is -2.41. The fourth-order valence-electron chi connectivity index (χ4n) is 2.87. The number of nitrogens with one attached hydrogen (secondary N) is 1. The second-order valence-electron chi connectivity index (χ2n) is 6.04. The van der Waals surface area contributed by atoms with Crippen molar-refractivity contribution in [2.75, 3.05) is 13.2 Å². The molecule has 0 saturated heterocycles. The zero-order valence-electron chi connectivity index (χ0n) is 13.1. The van der Waals surface area contributed by atoms with Crippen LogP contribution in [0.3, 0.4) is 0 Å². The maximum Gasteiger partial charge on any atom is 0.133 e. The number of hydrogen-bond donors (Lipinski definition) is 2. The smallest absolute Gasteiger partial charge is 0.133 e. The lowest BCUT2D eigenvalue weighted by Gasteiger charge is -2.30. The van der Waals surface area contributed by atoms with Gasteiger partial charge in [-0.05, 0) is 44.0 Å². The SMILES string of the molecule is Cc1ccc(C(O)CNC(C)C2COc3ccccc3C2)o1. The van der Waals surface area contributed by atoms with Crippen LogP contribution in [0.25, 0.3) is 0 Å². The summed E-state index contributed by atoms with van der Waals surface area (Å²) in [5.41, 5.74) is 1.26. The van der Waals surface area contributed by atoms with Crippen molar-refractivity contribution in [3.63, 3.8) is 0 Å². The molecule has 2 N–H and O–H groups in total. The van der Waals surface area contributed by atoms with E-state index >= 15 is 0 Å². The molecule has 0 bridgehead atoms. The number of aryl methyl sites for hydroxylation is 1. The van der Waals surface area contributed by atoms with Crippen molar-refractivity contribution in [1.29, 1.82) is 0 Å². The Morgan fingerprint density at radius 2 is 2.09 bits per heavy atom. The lowest BCUT2D eigenvalue weighted by molar-refractivity contribution is 0.130. The Bertz CT molecular complexity index is 622. The van der Waals surface area contributed by atoms with E-state index in [4.69, 9.17) is 9.15 Å². The second-order valence-corrected chi connectivity index (χ2v) is 6.04. The summed E-state index contributed by atoms with van der Waals surface area (Å²) >= 11 is 0. The van der Waals surface area contributed by atoms with Gasteiger partial charge in [0, 0.05) is 18.5 Å². The van der Waals surface area contributed by atoms with Gasteiger partial charge < -0.3 is 19.6 Å². The van der Waals surface area contributed by atoms with Crippen molar-refractivity contribution in [3.8, 4) is 5.75 Å². The first-order valence-electron chi connectivity index (χ1n) is 7.82. The molecule has 1 aliphatic heterocycles. The van der Waals surface area contributed by atoms with E-state index in [1.165, 1.54) is 5.56 Å². The predicted molar refractivity (Wildman–Crippen MR) is 85.0 cm³/mol. The number of furan rings is 1. The molecule has 0 saturated carbocycles. The summed E-state index contributed by atoms with van der Waals surface area (Å²) in [6.07, 6.45) is 0.383. The van der Waals surface area contributed by atoms with Gasteiger partial charge in [-0.2, -0.15) is 0 Å². The molecule has 0 radical (unpaired) electrons. The van der Waals surface area contributed by atoms with E-state index in [1.54, 1.807) is 0 Å². The third-order valence-electron chi connectivity index (χ3n) is 4.34. The molecule has 3 atom stereocenters. The minimum atomic E-state index is -0.618. The molecular formula is C18H23NO3. The minimum absolute atomic E-state index is 0.263. The highest BCUT2D eigenvalue weighted by Gasteiger charge is 2.25. The molecule has 1 aromatic heterocycles. The lowest BCUT2D eigenvalue weighted by atomic mass is 9.91. The van der Waals surface area contributed by atoms with Crippen molar-refractivity contribution < 1.29 is 14.3 Å². The monoisotopic (exact) mass is 301 g/mol. The number of ether oxygens (including phenoxy) is 1. The highest BCUT2D eigenvalue weighted by atomic mass is 16.5. The van der Waals surface area contributed by atoms with Crippen LogP contribution >= 0.6 is 0 Å². The van der Waals surface area contributed by atoms with Crippen molar-refractivity contribution in [2.24, 2.45) is 5.92 Å². The number of para-hydroxylation sites is 1. The Kier molecular flexibility index (Phi) is 4.50. The Morgan fingerprint density at radius 1 is 1.27 bits per heavy atom. The van der Waals surface area contributed by atoms with Crippen molar-refractivity contribution >= 4 is 0 Å². The molecule has 22 heavy (non-hydrogen) atoms. The molecule has 1 aliphatic rings. The molecular weight excluding hydrogens is 278 g/mol. The Morgan fingerprint density at radius 3 is 2.86 bits per heavy atom. The number of aliphatic hydroxyl groups excluding tert-OH is 1. The maximum atomic E-state index is 10.2. The Hall–Kier alpha value is -1.78. The second kappa shape index (κ2) is 6.55. The molecule has 3 rings (SSSR count). The minimum Gasteiger partial charge on any atom is -0.493 e. The van der Waals surface area contributed by atoms with Crippen LogP contribution in [0, 0.1) is 12.8 Å². The first-order chi connectivity index (χ1) is 10.6. The molecule has 3 unspecified atom stereocenters.